The molecule has 96 valence electrons. The minimum atomic E-state index is -0.0197. The fourth-order valence-electron chi connectivity index (χ4n) is 2.99. The summed E-state index contributed by atoms with van der Waals surface area (Å²) in [5, 5.41) is 7.44. The molecular formula is C13H23N3S. The maximum Gasteiger partial charge on any atom is 0.195 e. The van der Waals surface area contributed by atoms with Crippen LogP contribution in [0.3, 0.4) is 0 Å². The SMILES string of the molecule is CC(C)(C)n1c(C2C(C)(C)C2(C)C)n[nH]c1=S. The molecule has 0 bridgehead atoms. The molecule has 2 rings (SSSR count). The first-order valence-corrected chi connectivity index (χ1v) is 6.60. The van der Waals surface area contributed by atoms with Crippen molar-refractivity contribution in [3.05, 3.63) is 10.6 Å². The summed E-state index contributed by atoms with van der Waals surface area (Å²) in [4.78, 5) is 0. The van der Waals surface area contributed by atoms with Gasteiger partial charge in [-0.1, -0.05) is 27.7 Å². The topological polar surface area (TPSA) is 33.6 Å². The zero-order valence-corrected chi connectivity index (χ0v) is 12.7. The molecule has 1 heterocycles. The number of aromatic amines is 1. The van der Waals surface area contributed by atoms with Crippen molar-refractivity contribution in [3.8, 4) is 0 Å². The second-order valence-corrected chi connectivity index (χ2v) is 7.66. The summed E-state index contributed by atoms with van der Waals surface area (Å²) < 4.78 is 2.90. The van der Waals surface area contributed by atoms with Crippen LogP contribution in [0.25, 0.3) is 0 Å². The Balaban J connectivity index is 2.55. The van der Waals surface area contributed by atoms with Gasteiger partial charge in [0.25, 0.3) is 0 Å². The summed E-state index contributed by atoms with van der Waals surface area (Å²) in [5.41, 5.74) is 0.558. The molecule has 1 N–H and O–H groups in total. The largest absolute Gasteiger partial charge is 0.298 e. The number of hydrogen-bond donors (Lipinski definition) is 1. The number of aromatic nitrogens is 3. The number of hydrogen-bond acceptors (Lipinski definition) is 2. The summed E-state index contributed by atoms with van der Waals surface area (Å²) in [6, 6.07) is 0. The van der Waals surface area contributed by atoms with E-state index in [0.717, 1.165) is 10.6 Å². The molecule has 0 aromatic carbocycles. The Morgan fingerprint density at radius 2 is 1.65 bits per heavy atom. The van der Waals surface area contributed by atoms with Crippen molar-refractivity contribution in [3.63, 3.8) is 0 Å². The Labute approximate surface area is 109 Å². The van der Waals surface area contributed by atoms with Crippen LogP contribution in [-0.4, -0.2) is 14.8 Å². The molecule has 0 atom stereocenters. The summed E-state index contributed by atoms with van der Waals surface area (Å²) in [6.45, 7) is 15.7. The molecule has 1 fully saturated rings. The third-order valence-electron chi connectivity index (χ3n) is 4.65. The predicted octanol–water partition coefficient (Wildman–Crippen LogP) is 3.85. The van der Waals surface area contributed by atoms with E-state index in [0.29, 0.717) is 5.92 Å². The molecule has 0 spiro atoms. The molecule has 0 saturated heterocycles. The molecule has 1 saturated carbocycles. The van der Waals surface area contributed by atoms with E-state index in [9.17, 15) is 0 Å². The molecule has 0 amide bonds. The Morgan fingerprint density at radius 1 is 1.18 bits per heavy atom. The number of rotatable bonds is 1. The summed E-state index contributed by atoms with van der Waals surface area (Å²) >= 11 is 5.36. The minimum Gasteiger partial charge on any atom is -0.298 e. The number of H-pyrrole nitrogens is 1. The van der Waals surface area contributed by atoms with Crippen LogP contribution in [-0.2, 0) is 5.54 Å². The highest BCUT2D eigenvalue weighted by molar-refractivity contribution is 7.71. The molecule has 4 heteroatoms. The van der Waals surface area contributed by atoms with Crippen molar-refractivity contribution in [2.45, 2.75) is 59.9 Å². The molecule has 1 aliphatic rings. The van der Waals surface area contributed by atoms with Gasteiger partial charge in [0.05, 0.1) is 0 Å². The third-order valence-corrected chi connectivity index (χ3v) is 4.92. The van der Waals surface area contributed by atoms with Gasteiger partial charge >= 0.3 is 0 Å². The van der Waals surface area contributed by atoms with E-state index in [2.05, 4.69) is 63.2 Å². The van der Waals surface area contributed by atoms with Gasteiger partial charge in [0.15, 0.2) is 4.77 Å². The molecule has 0 radical (unpaired) electrons. The van der Waals surface area contributed by atoms with Gasteiger partial charge in [-0.2, -0.15) is 5.10 Å². The monoisotopic (exact) mass is 253 g/mol. The molecule has 3 nitrogen and oxygen atoms in total. The van der Waals surface area contributed by atoms with Crippen molar-refractivity contribution in [1.82, 2.24) is 14.8 Å². The number of nitrogens with zero attached hydrogens (tertiary/aromatic N) is 2. The average molecular weight is 253 g/mol. The van der Waals surface area contributed by atoms with Crippen LogP contribution >= 0.6 is 12.2 Å². The molecule has 17 heavy (non-hydrogen) atoms. The zero-order valence-electron chi connectivity index (χ0n) is 11.9. The van der Waals surface area contributed by atoms with Crippen molar-refractivity contribution in [1.29, 1.82) is 0 Å². The summed E-state index contributed by atoms with van der Waals surface area (Å²) in [6.07, 6.45) is 0. The lowest BCUT2D eigenvalue weighted by Gasteiger charge is -2.23. The fraction of sp³-hybridized carbons (Fsp3) is 0.846. The first-order chi connectivity index (χ1) is 7.51. The molecule has 0 unspecified atom stereocenters. The fourth-order valence-corrected chi connectivity index (χ4v) is 3.41. The Morgan fingerprint density at radius 3 is 2.00 bits per heavy atom. The smallest absolute Gasteiger partial charge is 0.195 e. The normalized spacial score (nSPS) is 22.8. The van der Waals surface area contributed by atoms with E-state index in [1.807, 2.05) is 0 Å². The van der Waals surface area contributed by atoms with Crippen LogP contribution < -0.4 is 0 Å². The third kappa shape index (κ3) is 1.60. The highest BCUT2D eigenvalue weighted by Crippen LogP contribution is 2.73. The van der Waals surface area contributed by atoms with Crippen molar-refractivity contribution < 1.29 is 0 Å². The second kappa shape index (κ2) is 3.22. The lowest BCUT2D eigenvalue weighted by molar-refractivity contribution is 0.372. The van der Waals surface area contributed by atoms with Crippen LogP contribution in [0.5, 0.6) is 0 Å². The van der Waals surface area contributed by atoms with E-state index < -0.39 is 0 Å². The van der Waals surface area contributed by atoms with E-state index >= 15 is 0 Å². The average Bonchev–Trinajstić information content (AvgIpc) is 2.40. The van der Waals surface area contributed by atoms with Gasteiger partial charge in [0, 0.05) is 11.5 Å². The van der Waals surface area contributed by atoms with Crippen molar-refractivity contribution >= 4 is 12.2 Å². The lowest BCUT2D eigenvalue weighted by Crippen LogP contribution is -2.24. The lowest BCUT2D eigenvalue weighted by atomic mass is 10.0. The molecular weight excluding hydrogens is 230 g/mol. The molecule has 1 aromatic heterocycles. The highest BCUT2D eigenvalue weighted by atomic mass is 32.1. The predicted molar refractivity (Wildman–Crippen MR) is 72.7 cm³/mol. The molecule has 1 aromatic rings. The van der Waals surface area contributed by atoms with Crippen LogP contribution in [0.4, 0.5) is 0 Å². The van der Waals surface area contributed by atoms with Gasteiger partial charge in [-0.3, -0.25) is 9.67 Å². The van der Waals surface area contributed by atoms with E-state index in [1.54, 1.807) is 0 Å². The standard InChI is InChI=1S/C13H23N3S/c1-11(2,3)16-9(14-15-10(16)17)8-12(4,5)13(8,6)7/h8H,1-7H3,(H,15,17). The number of nitrogens with one attached hydrogen (secondary N) is 1. The van der Waals surface area contributed by atoms with Gasteiger partial charge in [0.1, 0.15) is 5.82 Å². The quantitative estimate of drug-likeness (QED) is 0.771. The van der Waals surface area contributed by atoms with E-state index in [4.69, 9.17) is 12.2 Å². The highest BCUT2D eigenvalue weighted by Gasteiger charge is 2.67. The molecule has 0 aliphatic heterocycles. The Kier molecular flexibility index (Phi) is 2.43. The van der Waals surface area contributed by atoms with Gasteiger partial charge < -0.3 is 0 Å². The molecule has 1 aliphatic carbocycles. The maximum atomic E-state index is 5.36. The zero-order chi connectivity index (χ0) is 13.2. The van der Waals surface area contributed by atoms with E-state index in [1.165, 1.54) is 0 Å². The van der Waals surface area contributed by atoms with Gasteiger partial charge in [0.2, 0.25) is 0 Å². The van der Waals surface area contributed by atoms with Crippen LogP contribution in [0.15, 0.2) is 0 Å². The van der Waals surface area contributed by atoms with Crippen LogP contribution in [0.1, 0.15) is 60.2 Å². The van der Waals surface area contributed by atoms with Gasteiger partial charge in [-0.05, 0) is 43.8 Å². The van der Waals surface area contributed by atoms with Crippen molar-refractivity contribution in [2.75, 3.05) is 0 Å². The summed E-state index contributed by atoms with van der Waals surface area (Å²) in [5.74, 6) is 1.58. The van der Waals surface area contributed by atoms with E-state index in [-0.39, 0.29) is 16.4 Å². The van der Waals surface area contributed by atoms with Crippen LogP contribution in [0, 0.1) is 15.6 Å². The Hall–Kier alpha value is -0.640. The van der Waals surface area contributed by atoms with Crippen molar-refractivity contribution in [2.24, 2.45) is 10.8 Å². The summed E-state index contributed by atoms with van der Waals surface area (Å²) in [7, 11) is 0. The Bertz CT molecular complexity index is 485. The first-order valence-electron chi connectivity index (χ1n) is 6.19. The van der Waals surface area contributed by atoms with Gasteiger partial charge in [-0.15, -0.1) is 0 Å². The van der Waals surface area contributed by atoms with Gasteiger partial charge in [-0.25, -0.2) is 0 Å². The maximum absolute atomic E-state index is 5.36. The minimum absolute atomic E-state index is 0.0197. The second-order valence-electron chi connectivity index (χ2n) is 7.27. The van der Waals surface area contributed by atoms with Crippen LogP contribution in [0.2, 0.25) is 0 Å². The first kappa shape index (κ1) is 12.8.